The lowest BCUT2D eigenvalue weighted by molar-refractivity contribution is 0.149. The van der Waals surface area contributed by atoms with Gasteiger partial charge >= 0.3 is 0 Å². The van der Waals surface area contributed by atoms with Crippen molar-refractivity contribution in [2.45, 2.75) is 24.8 Å². The molecular weight excluding hydrogens is 208 g/mol. The summed E-state index contributed by atoms with van der Waals surface area (Å²) in [6.07, 6.45) is -1.04. The summed E-state index contributed by atoms with van der Waals surface area (Å²) in [5.41, 5.74) is 5.72. The fourth-order valence-electron chi connectivity index (χ4n) is 1.60. The minimum atomic E-state index is -2.56. The predicted molar refractivity (Wildman–Crippen MR) is 51.5 cm³/mol. The van der Waals surface area contributed by atoms with E-state index in [1.165, 1.54) is 6.07 Å². The molecule has 0 amide bonds. The Labute approximate surface area is 85.9 Å². The van der Waals surface area contributed by atoms with Crippen LogP contribution in [-0.2, 0) is 5.54 Å². The van der Waals surface area contributed by atoms with Gasteiger partial charge in [-0.05, 0) is 24.5 Å². The van der Waals surface area contributed by atoms with Gasteiger partial charge in [0, 0.05) is 16.1 Å². The third-order valence-electron chi connectivity index (χ3n) is 2.60. The molecule has 1 nitrogen and oxygen atoms in total. The van der Waals surface area contributed by atoms with E-state index >= 15 is 0 Å². The number of halogens is 3. The van der Waals surface area contributed by atoms with E-state index in [-0.39, 0.29) is 10.6 Å². The Kier molecular flexibility index (Phi) is 2.24. The average molecular weight is 218 g/mol. The van der Waals surface area contributed by atoms with Crippen LogP contribution in [0.4, 0.5) is 8.78 Å². The summed E-state index contributed by atoms with van der Waals surface area (Å²) in [5.74, 6) is 0. The lowest BCUT2D eigenvalue weighted by Crippen LogP contribution is -2.21. The van der Waals surface area contributed by atoms with Crippen molar-refractivity contribution in [3.05, 3.63) is 34.3 Å². The molecule has 1 saturated carbocycles. The highest BCUT2D eigenvalue weighted by molar-refractivity contribution is 6.31. The van der Waals surface area contributed by atoms with Gasteiger partial charge in [-0.2, -0.15) is 0 Å². The standard InChI is InChI=1S/C10H10ClF2N/c11-7-3-1-2-6(8(7)9(12)13)10(14)4-5-10/h1-3,9H,4-5,14H2. The molecule has 0 bridgehead atoms. The molecule has 1 aliphatic rings. The predicted octanol–water partition coefficient (Wildman–Crippen LogP) is 3.23. The van der Waals surface area contributed by atoms with E-state index in [4.69, 9.17) is 17.3 Å². The first-order chi connectivity index (χ1) is 6.54. The van der Waals surface area contributed by atoms with E-state index in [9.17, 15) is 8.78 Å². The van der Waals surface area contributed by atoms with Gasteiger partial charge in [-0.25, -0.2) is 8.78 Å². The van der Waals surface area contributed by atoms with Crippen molar-refractivity contribution in [1.82, 2.24) is 0 Å². The molecule has 1 aromatic carbocycles. The first-order valence-corrected chi connectivity index (χ1v) is 4.78. The largest absolute Gasteiger partial charge is 0.321 e. The van der Waals surface area contributed by atoms with Crippen molar-refractivity contribution in [1.29, 1.82) is 0 Å². The maximum absolute atomic E-state index is 12.7. The van der Waals surface area contributed by atoms with Crippen molar-refractivity contribution in [3.63, 3.8) is 0 Å². The molecule has 1 aromatic rings. The molecule has 0 heterocycles. The zero-order chi connectivity index (χ0) is 10.3. The molecule has 2 N–H and O–H groups in total. The first kappa shape index (κ1) is 9.87. The Hall–Kier alpha value is -0.670. The first-order valence-electron chi connectivity index (χ1n) is 4.40. The second-order valence-corrected chi connectivity index (χ2v) is 4.07. The van der Waals surface area contributed by atoms with Crippen molar-refractivity contribution in [2.24, 2.45) is 5.73 Å². The maximum Gasteiger partial charge on any atom is 0.265 e. The molecule has 2 rings (SSSR count). The highest BCUT2D eigenvalue weighted by Crippen LogP contribution is 2.47. The van der Waals surface area contributed by atoms with Gasteiger partial charge in [0.05, 0.1) is 0 Å². The Morgan fingerprint density at radius 3 is 2.50 bits per heavy atom. The van der Waals surface area contributed by atoms with E-state index in [2.05, 4.69) is 0 Å². The number of hydrogen-bond donors (Lipinski definition) is 1. The quantitative estimate of drug-likeness (QED) is 0.809. The number of alkyl halides is 2. The molecule has 0 radical (unpaired) electrons. The van der Waals surface area contributed by atoms with E-state index in [1.54, 1.807) is 12.1 Å². The minimum absolute atomic E-state index is 0.103. The van der Waals surface area contributed by atoms with Crippen molar-refractivity contribution >= 4 is 11.6 Å². The zero-order valence-corrected chi connectivity index (χ0v) is 8.19. The van der Waals surface area contributed by atoms with Crippen LogP contribution in [0.5, 0.6) is 0 Å². The van der Waals surface area contributed by atoms with Crippen LogP contribution in [0.15, 0.2) is 18.2 Å². The van der Waals surface area contributed by atoms with Crippen molar-refractivity contribution in [2.75, 3.05) is 0 Å². The number of rotatable bonds is 2. The van der Waals surface area contributed by atoms with E-state index in [0.29, 0.717) is 5.56 Å². The molecule has 1 fully saturated rings. The molecule has 0 atom stereocenters. The summed E-state index contributed by atoms with van der Waals surface area (Å²) >= 11 is 5.72. The molecule has 76 valence electrons. The Morgan fingerprint density at radius 1 is 1.36 bits per heavy atom. The van der Waals surface area contributed by atoms with Gasteiger partial charge in [-0.3, -0.25) is 0 Å². The van der Waals surface area contributed by atoms with Crippen LogP contribution in [0, 0.1) is 0 Å². The molecular formula is C10H10ClF2N. The van der Waals surface area contributed by atoms with Gasteiger partial charge in [0.2, 0.25) is 0 Å². The Balaban J connectivity index is 2.53. The molecule has 4 heteroatoms. The zero-order valence-electron chi connectivity index (χ0n) is 7.43. The number of hydrogen-bond acceptors (Lipinski definition) is 1. The number of nitrogens with two attached hydrogens (primary N) is 1. The summed E-state index contributed by atoms with van der Waals surface area (Å²) in [4.78, 5) is 0. The SMILES string of the molecule is NC1(c2cccc(Cl)c2C(F)F)CC1. The lowest BCUT2D eigenvalue weighted by Gasteiger charge is -2.15. The van der Waals surface area contributed by atoms with Gasteiger partial charge in [0.25, 0.3) is 6.43 Å². The number of benzene rings is 1. The lowest BCUT2D eigenvalue weighted by atomic mass is 9.99. The van der Waals surface area contributed by atoms with Gasteiger partial charge in [-0.15, -0.1) is 0 Å². The molecule has 0 saturated heterocycles. The highest BCUT2D eigenvalue weighted by atomic mass is 35.5. The van der Waals surface area contributed by atoms with Crippen molar-refractivity contribution in [3.8, 4) is 0 Å². The second-order valence-electron chi connectivity index (χ2n) is 3.66. The smallest absolute Gasteiger partial charge is 0.265 e. The van der Waals surface area contributed by atoms with Gasteiger partial charge in [-0.1, -0.05) is 23.7 Å². The molecule has 0 aromatic heterocycles. The molecule has 0 unspecified atom stereocenters. The normalized spacial score (nSPS) is 18.6. The average Bonchev–Trinajstić information content (AvgIpc) is 2.84. The second kappa shape index (κ2) is 3.17. The van der Waals surface area contributed by atoms with Gasteiger partial charge < -0.3 is 5.73 Å². The third-order valence-corrected chi connectivity index (χ3v) is 2.93. The van der Waals surface area contributed by atoms with Crippen LogP contribution in [0.25, 0.3) is 0 Å². The van der Waals surface area contributed by atoms with Gasteiger partial charge in [0.15, 0.2) is 0 Å². The third kappa shape index (κ3) is 1.51. The summed E-state index contributed by atoms with van der Waals surface area (Å²) in [7, 11) is 0. The summed E-state index contributed by atoms with van der Waals surface area (Å²) in [6, 6.07) is 4.77. The van der Waals surface area contributed by atoms with Gasteiger partial charge in [0.1, 0.15) is 0 Å². The molecule has 0 spiro atoms. The van der Waals surface area contributed by atoms with Crippen LogP contribution in [0.2, 0.25) is 5.02 Å². The van der Waals surface area contributed by atoms with Crippen LogP contribution in [-0.4, -0.2) is 0 Å². The van der Waals surface area contributed by atoms with Crippen LogP contribution in [0.3, 0.4) is 0 Å². The molecule has 0 aliphatic heterocycles. The van der Waals surface area contributed by atoms with E-state index in [1.807, 2.05) is 0 Å². The summed E-state index contributed by atoms with van der Waals surface area (Å²) < 4.78 is 25.4. The van der Waals surface area contributed by atoms with Crippen LogP contribution in [0.1, 0.15) is 30.4 Å². The molecule has 1 aliphatic carbocycles. The summed E-state index contributed by atoms with van der Waals surface area (Å²) in [6.45, 7) is 0. The monoisotopic (exact) mass is 217 g/mol. The van der Waals surface area contributed by atoms with E-state index < -0.39 is 12.0 Å². The van der Waals surface area contributed by atoms with Crippen LogP contribution >= 0.6 is 11.6 Å². The maximum atomic E-state index is 12.7. The van der Waals surface area contributed by atoms with Crippen molar-refractivity contribution < 1.29 is 8.78 Å². The Morgan fingerprint density at radius 2 is 2.00 bits per heavy atom. The fraction of sp³-hybridized carbons (Fsp3) is 0.400. The minimum Gasteiger partial charge on any atom is -0.321 e. The topological polar surface area (TPSA) is 26.0 Å². The molecule has 14 heavy (non-hydrogen) atoms. The highest BCUT2D eigenvalue weighted by Gasteiger charge is 2.43. The van der Waals surface area contributed by atoms with E-state index in [0.717, 1.165) is 12.8 Å². The van der Waals surface area contributed by atoms with Crippen LogP contribution < -0.4 is 5.73 Å². The summed E-state index contributed by atoms with van der Waals surface area (Å²) in [5, 5.41) is 0.106. The Bertz CT molecular complexity index is 361. The fourth-order valence-corrected chi connectivity index (χ4v) is 1.85.